The number of thiophene rings is 1. The summed E-state index contributed by atoms with van der Waals surface area (Å²) in [5.74, 6) is 0.295. The summed E-state index contributed by atoms with van der Waals surface area (Å²) in [6.45, 7) is 3.38. The van der Waals surface area contributed by atoms with Crippen molar-refractivity contribution in [1.82, 2.24) is 0 Å². The smallest absolute Gasteiger partial charge is 0.138 e. The molecule has 0 atom stereocenters. The highest BCUT2D eigenvalue weighted by Crippen LogP contribution is 2.22. The number of Topliss-reactive ketones (excluding diaryl/α,β-unsaturated/α-hetero) is 1. The van der Waals surface area contributed by atoms with Crippen LogP contribution in [0.25, 0.3) is 0 Å². The van der Waals surface area contributed by atoms with Gasteiger partial charge in [-0.15, -0.1) is 11.3 Å². The highest BCUT2D eigenvalue weighted by atomic mass is 79.9. The molecule has 0 fully saturated rings. The summed E-state index contributed by atoms with van der Waals surface area (Å²) in [4.78, 5) is 12.6. The summed E-state index contributed by atoms with van der Waals surface area (Å²) in [6, 6.07) is 3.97. The molecule has 0 radical (unpaired) electrons. The van der Waals surface area contributed by atoms with Gasteiger partial charge in [-0.25, -0.2) is 0 Å². The number of hydrogen-bond acceptors (Lipinski definition) is 3. The van der Waals surface area contributed by atoms with E-state index >= 15 is 0 Å². The lowest BCUT2D eigenvalue weighted by molar-refractivity contribution is -0.118. The second-order valence-corrected chi connectivity index (χ2v) is 5.77. The van der Waals surface area contributed by atoms with E-state index in [-0.39, 0.29) is 0 Å². The standard InChI is InChI=1S/C11H15BrO2S/c1-2-14-7-3-4-9(13)8-10-5-6-11(12)15-10/h5-6H,2-4,7-8H2,1H3. The topological polar surface area (TPSA) is 26.3 Å². The van der Waals surface area contributed by atoms with E-state index in [4.69, 9.17) is 4.74 Å². The second-order valence-electron chi connectivity index (χ2n) is 3.22. The van der Waals surface area contributed by atoms with Crippen LogP contribution in [0.1, 0.15) is 24.6 Å². The van der Waals surface area contributed by atoms with Gasteiger partial charge in [0.05, 0.1) is 3.79 Å². The first-order valence-electron chi connectivity index (χ1n) is 5.06. The average Bonchev–Trinajstić information content (AvgIpc) is 2.59. The maximum absolute atomic E-state index is 11.5. The van der Waals surface area contributed by atoms with Gasteiger partial charge in [0.15, 0.2) is 0 Å². The quantitative estimate of drug-likeness (QED) is 0.719. The molecule has 0 N–H and O–H groups in total. The van der Waals surface area contributed by atoms with Crippen molar-refractivity contribution in [3.8, 4) is 0 Å². The molecule has 1 heterocycles. The second kappa shape index (κ2) is 7.14. The molecule has 0 unspecified atom stereocenters. The van der Waals surface area contributed by atoms with E-state index in [1.54, 1.807) is 11.3 Å². The maximum Gasteiger partial charge on any atom is 0.138 e. The SMILES string of the molecule is CCOCCCC(=O)Cc1ccc(Br)s1. The molecule has 2 nitrogen and oxygen atoms in total. The lowest BCUT2D eigenvalue weighted by Crippen LogP contribution is -2.03. The summed E-state index contributed by atoms with van der Waals surface area (Å²) in [5, 5.41) is 0. The van der Waals surface area contributed by atoms with Crippen molar-refractivity contribution in [2.45, 2.75) is 26.2 Å². The van der Waals surface area contributed by atoms with Gasteiger partial charge in [0.25, 0.3) is 0 Å². The molecular formula is C11H15BrO2S. The molecule has 4 heteroatoms. The molecule has 0 saturated carbocycles. The van der Waals surface area contributed by atoms with E-state index in [2.05, 4.69) is 15.9 Å². The molecule has 0 saturated heterocycles. The maximum atomic E-state index is 11.5. The molecule has 0 aliphatic rings. The van der Waals surface area contributed by atoms with Crippen LogP contribution < -0.4 is 0 Å². The first-order valence-corrected chi connectivity index (χ1v) is 6.67. The van der Waals surface area contributed by atoms with Crippen LogP contribution in [0.2, 0.25) is 0 Å². The predicted molar refractivity (Wildman–Crippen MR) is 66.5 cm³/mol. The largest absolute Gasteiger partial charge is 0.382 e. The molecule has 84 valence electrons. The number of rotatable bonds is 7. The highest BCUT2D eigenvalue weighted by Gasteiger charge is 2.05. The first kappa shape index (κ1) is 12.9. The molecule has 1 rings (SSSR count). The van der Waals surface area contributed by atoms with Crippen molar-refractivity contribution in [2.24, 2.45) is 0 Å². The zero-order valence-electron chi connectivity index (χ0n) is 8.79. The molecule has 0 amide bonds. The van der Waals surface area contributed by atoms with Crippen LogP contribution in [0, 0.1) is 0 Å². The van der Waals surface area contributed by atoms with Crippen molar-refractivity contribution < 1.29 is 9.53 Å². The molecule has 0 spiro atoms. The van der Waals surface area contributed by atoms with Gasteiger partial charge in [-0.3, -0.25) is 4.79 Å². The summed E-state index contributed by atoms with van der Waals surface area (Å²) < 4.78 is 6.26. The van der Waals surface area contributed by atoms with Gasteiger partial charge in [0, 0.05) is 30.9 Å². The van der Waals surface area contributed by atoms with Gasteiger partial charge in [-0.05, 0) is 41.4 Å². The van der Waals surface area contributed by atoms with Crippen molar-refractivity contribution in [3.05, 3.63) is 20.8 Å². The van der Waals surface area contributed by atoms with Gasteiger partial charge >= 0.3 is 0 Å². The van der Waals surface area contributed by atoms with E-state index in [1.807, 2.05) is 19.1 Å². The van der Waals surface area contributed by atoms with Crippen LogP contribution in [-0.4, -0.2) is 19.0 Å². The number of hydrogen-bond donors (Lipinski definition) is 0. The average molecular weight is 291 g/mol. The molecule has 15 heavy (non-hydrogen) atoms. The Morgan fingerprint density at radius 1 is 1.53 bits per heavy atom. The zero-order chi connectivity index (χ0) is 11.1. The Hall–Kier alpha value is -0.190. The molecule has 0 aliphatic carbocycles. The predicted octanol–water partition coefficient (Wildman–Crippen LogP) is 3.44. The minimum Gasteiger partial charge on any atom is -0.382 e. The van der Waals surface area contributed by atoms with E-state index < -0.39 is 0 Å². The highest BCUT2D eigenvalue weighted by molar-refractivity contribution is 9.11. The Kier molecular flexibility index (Phi) is 6.13. The normalized spacial score (nSPS) is 10.5. The molecular weight excluding hydrogens is 276 g/mol. The third kappa shape index (κ3) is 5.44. The fraction of sp³-hybridized carbons (Fsp3) is 0.545. The van der Waals surface area contributed by atoms with Crippen molar-refractivity contribution in [3.63, 3.8) is 0 Å². The Morgan fingerprint density at radius 3 is 2.93 bits per heavy atom. The van der Waals surface area contributed by atoms with E-state index in [9.17, 15) is 4.79 Å². The van der Waals surface area contributed by atoms with Crippen molar-refractivity contribution in [1.29, 1.82) is 0 Å². The third-order valence-corrected chi connectivity index (χ3v) is 3.57. The summed E-state index contributed by atoms with van der Waals surface area (Å²) in [5.41, 5.74) is 0. The number of halogens is 1. The number of ketones is 1. The van der Waals surface area contributed by atoms with Gasteiger partial charge < -0.3 is 4.74 Å². The third-order valence-electron chi connectivity index (χ3n) is 1.95. The summed E-state index contributed by atoms with van der Waals surface area (Å²) in [7, 11) is 0. The minimum atomic E-state index is 0.295. The number of carbonyl (C=O) groups is 1. The molecule has 0 aromatic carbocycles. The van der Waals surface area contributed by atoms with E-state index in [0.717, 1.165) is 21.7 Å². The van der Waals surface area contributed by atoms with Crippen LogP contribution >= 0.6 is 27.3 Å². The van der Waals surface area contributed by atoms with Gasteiger partial charge in [0.1, 0.15) is 5.78 Å². The Morgan fingerprint density at radius 2 is 2.33 bits per heavy atom. The zero-order valence-corrected chi connectivity index (χ0v) is 11.2. The van der Waals surface area contributed by atoms with Crippen LogP contribution in [0.3, 0.4) is 0 Å². The number of ether oxygens (including phenoxy) is 1. The van der Waals surface area contributed by atoms with Crippen LogP contribution in [0.15, 0.2) is 15.9 Å². The Bertz CT molecular complexity index is 309. The lowest BCUT2D eigenvalue weighted by atomic mass is 10.1. The van der Waals surface area contributed by atoms with Gasteiger partial charge in [-0.1, -0.05) is 0 Å². The molecule has 1 aromatic rings. The number of carbonyl (C=O) groups excluding carboxylic acids is 1. The fourth-order valence-electron chi connectivity index (χ4n) is 1.25. The Labute approximate surface area is 103 Å². The van der Waals surface area contributed by atoms with Crippen molar-refractivity contribution in [2.75, 3.05) is 13.2 Å². The van der Waals surface area contributed by atoms with Crippen molar-refractivity contribution >= 4 is 33.0 Å². The van der Waals surface area contributed by atoms with E-state index in [0.29, 0.717) is 25.2 Å². The Balaban J connectivity index is 2.18. The monoisotopic (exact) mass is 290 g/mol. The minimum absolute atomic E-state index is 0.295. The molecule has 0 bridgehead atoms. The van der Waals surface area contributed by atoms with Crippen LogP contribution in [-0.2, 0) is 16.0 Å². The lowest BCUT2D eigenvalue weighted by Gasteiger charge is -2.00. The van der Waals surface area contributed by atoms with E-state index in [1.165, 1.54) is 0 Å². The molecule has 0 aliphatic heterocycles. The summed E-state index contributed by atoms with van der Waals surface area (Å²) >= 11 is 5.01. The van der Waals surface area contributed by atoms with Gasteiger partial charge in [0.2, 0.25) is 0 Å². The fourth-order valence-corrected chi connectivity index (χ4v) is 2.76. The van der Waals surface area contributed by atoms with Crippen LogP contribution in [0.5, 0.6) is 0 Å². The van der Waals surface area contributed by atoms with Crippen LogP contribution in [0.4, 0.5) is 0 Å². The van der Waals surface area contributed by atoms with Gasteiger partial charge in [-0.2, -0.15) is 0 Å². The first-order chi connectivity index (χ1) is 7.22. The summed E-state index contributed by atoms with van der Waals surface area (Å²) in [6.07, 6.45) is 2.01. The molecule has 1 aromatic heterocycles.